The molecular weight excluding hydrogens is 218 g/mol. The summed E-state index contributed by atoms with van der Waals surface area (Å²) in [5.41, 5.74) is 0.705. The Balaban J connectivity index is 2.86. The molecule has 1 aromatic carbocycles. The fourth-order valence-corrected chi connectivity index (χ4v) is 1.41. The third kappa shape index (κ3) is 4.10. The van der Waals surface area contributed by atoms with Crippen molar-refractivity contribution < 1.29 is 14.7 Å². The predicted octanol–water partition coefficient (Wildman–Crippen LogP) is 2.07. The minimum atomic E-state index is -0.917. The van der Waals surface area contributed by atoms with E-state index >= 15 is 0 Å². The topological polar surface area (TPSA) is 57.6 Å². The zero-order valence-corrected chi connectivity index (χ0v) is 9.67. The molecule has 0 aliphatic heterocycles. The van der Waals surface area contributed by atoms with Crippen molar-refractivity contribution in [2.45, 2.75) is 13.3 Å². The molecule has 0 saturated heterocycles. The molecule has 0 fully saturated rings. The van der Waals surface area contributed by atoms with Crippen LogP contribution >= 0.6 is 0 Å². The highest BCUT2D eigenvalue weighted by Crippen LogP contribution is 2.14. The summed E-state index contributed by atoms with van der Waals surface area (Å²) in [5.74, 6) is -1.13. The summed E-state index contributed by atoms with van der Waals surface area (Å²) in [6.07, 6.45) is 2.99. The van der Waals surface area contributed by atoms with E-state index < -0.39 is 5.97 Å². The highest BCUT2D eigenvalue weighted by Gasteiger charge is 2.13. The van der Waals surface area contributed by atoms with E-state index in [1.54, 1.807) is 25.1 Å². The number of anilines is 1. The van der Waals surface area contributed by atoms with E-state index in [1.165, 1.54) is 11.0 Å². The van der Waals surface area contributed by atoms with Gasteiger partial charge in [-0.1, -0.05) is 24.3 Å². The van der Waals surface area contributed by atoms with Crippen LogP contribution in [0, 0.1) is 0 Å². The third-order valence-electron chi connectivity index (χ3n) is 2.19. The number of amides is 1. The lowest BCUT2D eigenvalue weighted by Gasteiger charge is -2.20. The van der Waals surface area contributed by atoms with Crippen molar-refractivity contribution >= 4 is 17.6 Å². The van der Waals surface area contributed by atoms with Crippen molar-refractivity contribution in [2.24, 2.45) is 0 Å². The highest BCUT2D eigenvalue weighted by molar-refractivity contribution is 6.01. The Bertz CT molecular complexity index is 412. The van der Waals surface area contributed by atoms with Gasteiger partial charge in [0.15, 0.2) is 0 Å². The molecule has 0 aliphatic carbocycles. The summed E-state index contributed by atoms with van der Waals surface area (Å²) < 4.78 is 0. The molecule has 0 aromatic heterocycles. The van der Waals surface area contributed by atoms with Crippen molar-refractivity contribution in [3.05, 3.63) is 42.5 Å². The largest absolute Gasteiger partial charge is 0.481 e. The maximum atomic E-state index is 11.8. The Morgan fingerprint density at radius 1 is 1.29 bits per heavy atom. The van der Waals surface area contributed by atoms with Gasteiger partial charge in [0.05, 0.1) is 6.42 Å². The van der Waals surface area contributed by atoms with Crippen molar-refractivity contribution in [2.75, 3.05) is 11.4 Å². The van der Waals surface area contributed by atoms with Gasteiger partial charge in [-0.3, -0.25) is 9.59 Å². The summed E-state index contributed by atoms with van der Waals surface area (Å²) in [6, 6.07) is 9.03. The fourth-order valence-electron chi connectivity index (χ4n) is 1.41. The summed E-state index contributed by atoms with van der Waals surface area (Å²) in [6.45, 7) is 1.92. The van der Waals surface area contributed by atoms with Gasteiger partial charge in [-0.15, -0.1) is 0 Å². The monoisotopic (exact) mass is 233 g/mol. The smallest absolute Gasteiger partial charge is 0.305 e. The van der Waals surface area contributed by atoms with Gasteiger partial charge in [-0.2, -0.15) is 0 Å². The van der Waals surface area contributed by atoms with Crippen LogP contribution < -0.4 is 4.90 Å². The SMILES string of the molecule is C/C=C/C(=O)N(CCC(=O)O)c1ccccc1. The molecule has 1 aromatic rings. The average Bonchev–Trinajstić information content (AvgIpc) is 2.30. The minimum Gasteiger partial charge on any atom is -0.481 e. The standard InChI is InChI=1S/C13H15NO3/c1-2-6-12(15)14(10-9-13(16)17)11-7-4-3-5-8-11/h2-8H,9-10H2,1H3,(H,16,17)/b6-2+. The maximum absolute atomic E-state index is 11.8. The van der Waals surface area contributed by atoms with Gasteiger partial charge in [-0.25, -0.2) is 0 Å². The Hall–Kier alpha value is -2.10. The van der Waals surface area contributed by atoms with Crippen LogP contribution in [0.3, 0.4) is 0 Å². The highest BCUT2D eigenvalue weighted by atomic mass is 16.4. The summed E-state index contributed by atoms with van der Waals surface area (Å²) >= 11 is 0. The van der Waals surface area contributed by atoms with Crippen LogP contribution in [0.1, 0.15) is 13.3 Å². The molecule has 0 saturated carbocycles. The van der Waals surface area contributed by atoms with Gasteiger partial charge in [0.25, 0.3) is 5.91 Å². The van der Waals surface area contributed by atoms with E-state index in [2.05, 4.69) is 0 Å². The van der Waals surface area contributed by atoms with Crippen LogP contribution in [0.15, 0.2) is 42.5 Å². The average molecular weight is 233 g/mol. The molecule has 4 nitrogen and oxygen atoms in total. The molecule has 0 spiro atoms. The van der Waals surface area contributed by atoms with E-state index in [0.717, 1.165) is 0 Å². The van der Waals surface area contributed by atoms with Crippen LogP contribution in [0.25, 0.3) is 0 Å². The molecule has 1 amide bonds. The second-order valence-electron chi connectivity index (χ2n) is 3.47. The van der Waals surface area contributed by atoms with Gasteiger partial charge in [0, 0.05) is 12.2 Å². The second kappa shape index (κ2) is 6.48. The van der Waals surface area contributed by atoms with E-state index in [9.17, 15) is 9.59 Å². The molecule has 0 aliphatic rings. The summed E-state index contributed by atoms with van der Waals surface area (Å²) in [4.78, 5) is 23.8. The zero-order chi connectivity index (χ0) is 12.7. The number of carbonyl (C=O) groups excluding carboxylic acids is 1. The number of hydrogen-bond donors (Lipinski definition) is 1. The molecule has 4 heteroatoms. The van der Waals surface area contributed by atoms with E-state index in [1.807, 2.05) is 18.2 Å². The molecule has 0 radical (unpaired) electrons. The van der Waals surface area contributed by atoms with Crippen LogP contribution in [0.5, 0.6) is 0 Å². The number of carbonyl (C=O) groups is 2. The van der Waals surface area contributed by atoms with Crippen LogP contribution in [0.2, 0.25) is 0 Å². The number of carboxylic acid groups (broad SMARTS) is 1. The number of benzene rings is 1. The summed E-state index contributed by atoms with van der Waals surface area (Å²) in [7, 11) is 0. The molecule has 0 atom stereocenters. The number of carboxylic acids is 1. The third-order valence-corrected chi connectivity index (χ3v) is 2.19. The van der Waals surface area contributed by atoms with Crippen LogP contribution in [-0.4, -0.2) is 23.5 Å². The first-order valence-electron chi connectivity index (χ1n) is 5.36. The first-order valence-corrected chi connectivity index (χ1v) is 5.36. The molecule has 0 unspecified atom stereocenters. The Morgan fingerprint density at radius 3 is 2.47 bits per heavy atom. The lowest BCUT2D eigenvalue weighted by molar-refractivity contribution is -0.136. The van der Waals surface area contributed by atoms with Crippen molar-refractivity contribution in [3.63, 3.8) is 0 Å². The molecular formula is C13H15NO3. The number of rotatable bonds is 5. The van der Waals surface area contributed by atoms with E-state index in [-0.39, 0.29) is 18.9 Å². The van der Waals surface area contributed by atoms with Gasteiger partial charge in [0.2, 0.25) is 0 Å². The Labute approximate surface area is 100 Å². The lowest BCUT2D eigenvalue weighted by atomic mass is 10.2. The molecule has 1 rings (SSSR count). The van der Waals surface area contributed by atoms with Gasteiger partial charge >= 0.3 is 5.97 Å². The molecule has 17 heavy (non-hydrogen) atoms. The number of allylic oxidation sites excluding steroid dienone is 1. The first-order chi connectivity index (χ1) is 8.15. The van der Waals surface area contributed by atoms with E-state index in [4.69, 9.17) is 5.11 Å². The van der Waals surface area contributed by atoms with Gasteiger partial charge in [0.1, 0.15) is 0 Å². The Morgan fingerprint density at radius 2 is 1.94 bits per heavy atom. The normalized spacial score (nSPS) is 10.4. The predicted molar refractivity (Wildman–Crippen MR) is 65.9 cm³/mol. The number of para-hydroxylation sites is 1. The summed E-state index contributed by atoms with van der Waals surface area (Å²) in [5, 5.41) is 8.66. The van der Waals surface area contributed by atoms with Crippen LogP contribution in [0.4, 0.5) is 5.69 Å². The molecule has 90 valence electrons. The van der Waals surface area contributed by atoms with Gasteiger partial charge < -0.3 is 10.0 Å². The molecule has 1 N–H and O–H groups in total. The fraction of sp³-hybridized carbons (Fsp3) is 0.231. The Kier molecular flexibility index (Phi) is 4.94. The number of nitrogens with zero attached hydrogens (tertiary/aromatic N) is 1. The van der Waals surface area contributed by atoms with Crippen molar-refractivity contribution in [1.29, 1.82) is 0 Å². The van der Waals surface area contributed by atoms with Gasteiger partial charge in [-0.05, 0) is 25.1 Å². The number of aliphatic carboxylic acids is 1. The zero-order valence-electron chi connectivity index (χ0n) is 9.67. The number of hydrogen-bond acceptors (Lipinski definition) is 2. The quantitative estimate of drug-likeness (QED) is 0.792. The maximum Gasteiger partial charge on any atom is 0.305 e. The van der Waals surface area contributed by atoms with Crippen molar-refractivity contribution in [1.82, 2.24) is 0 Å². The van der Waals surface area contributed by atoms with Crippen LogP contribution in [-0.2, 0) is 9.59 Å². The molecule has 0 bridgehead atoms. The molecule has 0 heterocycles. The minimum absolute atomic E-state index is 0.0712. The van der Waals surface area contributed by atoms with Crippen molar-refractivity contribution in [3.8, 4) is 0 Å². The lowest BCUT2D eigenvalue weighted by Crippen LogP contribution is -2.31. The second-order valence-corrected chi connectivity index (χ2v) is 3.47. The first kappa shape index (κ1) is 13.0. The van der Waals surface area contributed by atoms with E-state index in [0.29, 0.717) is 5.69 Å².